The maximum atomic E-state index is 14.3. The number of amides is 3. The van der Waals surface area contributed by atoms with E-state index in [0.29, 0.717) is 46.6 Å². The zero-order chi connectivity index (χ0) is 22.2. The summed E-state index contributed by atoms with van der Waals surface area (Å²) in [5.41, 5.74) is 1.71. The Kier molecular flexibility index (Phi) is 5.22. The van der Waals surface area contributed by atoms with Crippen molar-refractivity contribution in [1.29, 1.82) is 0 Å². The summed E-state index contributed by atoms with van der Waals surface area (Å²) in [5.74, 6) is -1.11. The number of nitrogens with zero attached hydrogens (tertiary/aromatic N) is 1. The van der Waals surface area contributed by atoms with Crippen molar-refractivity contribution in [2.45, 2.75) is 24.9 Å². The second kappa shape index (κ2) is 8.20. The third-order valence-corrected chi connectivity index (χ3v) is 6.81. The van der Waals surface area contributed by atoms with Gasteiger partial charge in [0.15, 0.2) is 0 Å². The number of hydrogen-bond acceptors (Lipinski definition) is 4. The Balaban J connectivity index is 1.40. The minimum Gasteiger partial charge on any atom is -0.348 e. The molecule has 0 radical (unpaired) electrons. The standard InChI is InChI=1S/C24H20FN3O3S/c25-18-5-2-1-4-16(18)14-7-8-19-17(12-14)24(31)28-10-9-15(13-20(28)22(29)27-19)26-23(30)21-6-3-11-32-21/h1-8,11-12,15,20H,9-10,13H2,(H,26,30)(H,27,29). The van der Waals surface area contributed by atoms with Gasteiger partial charge >= 0.3 is 0 Å². The van der Waals surface area contributed by atoms with E-state index in [9.17, 15) is 18.8 Å². The van der Waals surface area contributed by atoms with Gasteiger partial charge in [-0.3, -0.25) is 14.4 Å². The largest absolute Gasteiger partial charge is 0.348 e. The molecule has 1 fully saturated rings. The molecule has 6 nitrogen and oxygen atoms in total. The number of rotatable bonds is 3. The van der Waals surface area contributed by atoms with Crippen molar-refractivity contribution in [2.75, 3.05) is 11.9 Å². The molecule has 8 heteroatoms. The fourth-order valence-corrected chi connectivity index (χ4v) is 4.94. The summed E-state index contributed by atoms with van der Waals surface area (Å²) in [6.07, 6.45) is 0.887. The van der Waals surface area contributed by atoms with E-state index in [1.54, 1.807) is 47.4 Å². The van der Waals surface area contributed by atoms with E-state index in [0.717, 1.165) is 0 Å². The van der Waals surface area contributed by atoms with E-state index < -0.39 is 6.04 Å². The van der Waals surface area contributed by atoms with Gasteiger partial charge in [-0.05, 0) is 48.1 Å². The SMILES string of the molecule is O=C(NC1CCN2C(=O)c3cc(-c4ccccc4F)ccc3NC(=O)C2C1)c1cccs1. The summed E-state index contributed by atoms with van der Waals surface area (Å²) in [4.78, 5) is 40.9. The van der Waals surface area contributed by atoms with Gasteiger partial charge in [0, 0.05) is 18.2 Å². The Morgan fingerprint density at radius 2 is 1.94 bits per heavy atom. The number of carbonyl (C=O) groups is 3. The van der Waals surface area contributed by atoms with Gasteiger partial charge in [-0.2, -0.15) is 0 Å². The number of anilines is 1. The Morgan fingerprint density at radius 3 is 2.72 bits per heavy atom. The van der Waals surface area contributed by atoms with Crippen molar-refractivity contribution in [3.63, 3.8) is 0 Å². The topological polar surface area (TPSA) is 78.5 Å². The lowest BCUT2D eigenvalue weighted by Gasteiger charge is -2.37. The second-order valence-corrected chi connectivity index (χ2v) is 8.86. The summed E-state index contributed by atoms with van der Waals surface area (Å²) in [6, 6.07) is 14.0. The minimum absolute atomic E-state index is 0.170. The number of benzene rings is 2. The van der Waals surface area contributed by atoms with Crippen LogP contribution in [0.25, 0.3) is 11.1 Å². The molecule has 1 saturated heterocycles. The average molecular weight is 450 g/mol. The van der Waals surface area contributed by atoms with Crippen molar-refractivity contribution in [2.24, 2.45) is 0 Å². The first-order valence-electron chi connectivity index (χ1n) is 10.4. The van der Waals surface area contributed by atoms with E-state index >= 15 is 0 Å². The van der Waals surface area contributed by atoms with E-state index in [2.05, 4.69) is 10.6 Å². The highest BCUT2D eigenvalue weighted by Gasteiger charge is 2.40. The number of halogens is 1. The van der Waals surface area contributed by atoms with E-state index in [4.69, 9.17) is 0 Å². The third kappa shape index (κ3) is 3.67. The van der Waals surface area contributed by atoms with Crippen LogP contribution >= 0.6 is 11.3 Å². The summed E-state index contributed by atoms with van der Waals surface area (Å²) >= 11 is 1.36. The molecular weight excluding hydrogens is 429 g/mol. The first-order valence-corrected chi connectivity index (χ1v) is 11.2. The predicted octanol–water partition coefficient (Wildman–Crippen LogP) is 3.91. The Hall–Kier alpha value is -3.52. The lowest BCUT2D eigenvalue weighted by atomic mass is 9.95. The normalized spacial score (nSPS) is 20.1. The van der Waals surface area contributed by atoms with Gasteiger partial charge in [-0.25, -0.2) is 4.39 Å². The van der Waals surface area contributed by atoms with E-state index in [-0.39, 0.29) is 29.6 Å². The van der Waals surface area contributed by atoms with E-state index in [1.807, 2.05) is 11.4 Å². The third-order valence-electron chi connectivity index (χ3n) is 5.94. The number of fused-ring (bicyclic) bond motifs is 2. The molecule has 0 spiro atoms. The monoisotopic (exact) mass is 449 g/mol. The molecule has 2 atom stereocenters. The summed E-state index contributed by atoms with van der Waals surface area (Å²) < 4.78 is 14.3. The first-order chi connectivity index (χ1) is 15.5. The fourth-order valence-electron chi connectivity index (χ4n) is 4.32. The van der Waals surface area contributed by atoms with Crippen LogP contribution in [0.15, 0.2) is 60.0 Å². The second-order valence-electron chi connectivity index (χ2n) is 7.92. The van der Waals surface area contributed by atoms with Crippen LogP contribution in [0.1, 0.15) is 32.9 Å². The van der Waals surface area contributed by atoms with Crippen LogP contribution in [0.5, 0.6) is 0 Å². The van der Waals surface area contributed by atoms with Crippen LogP contribution in [-0.4, -0.2) is 41.2 Å². The maximum absolute atomic E-state index is 14.3. The van der Waals surface area contributed by atoms with Crippen LogP contribution in [0.2, 0.25) is 0 Å². The van der Waals surface area contributed by atoms with Gasteiger partial charge in [-0.1, -0.05) is 30.3 Å². The smallest absolute Gasteiger partial charge is 0.261 e. The first kappa shape index (κ1) is 20.4. The quantitative estimate of drug-likeness (QED) is 0.637. The summed E-state index contributed by atoms with van der Waals surface area (Å²) in [6.45, 7) is 0.343. The van der Waals surface area contributed by atoms with Crippen LogP contribution in [0.3, 0.4) is 0 Å². The van der Waals surface area contributed by atoms with Crippen LogP contribution in [-0.2, 0) is 4.79 Å². The Morgan fingerprint density at radius 1 is 1.09 bits per heavy atom. The van der Waals surface area contributed by atoms with Crippen molar-refractivity contribution in [3.05, 3.63) is 76.2 Å². The molecule has 2 aromatic carbocycles. The van der Waals surface area contributed by atoms with Gasteiger partial charge in [0.1, 0.15) is 11.9 Å². The minimum atomic E-state index is -0.686. The van der Waals surface area contributed by atoms with Crippen LogP contribution in [0.4, 0.5) is 10.1 Å². The number of hydrogen-bond donors (Lipinski definition) is 2. The Labute approximate surface area is 188 Å². The van der Waals surface area contributed by atoms with Gasteiger partial charge in [-0.15, -0.1) is 11.3 Å². The summed E-state index contributed by atoms with van der Waals surface area (Å²) in [5, 5.41) is 7.66. The molecule has 5 rings (SSSR count). The van der Waals surface area contributed by atoms with Crippen molar-refractivity contribution >= 4 is 34.7 Å². The molecule has 2 unspecified atom stereocenters. The zero-order valence-corrected chi connectivity index (χ0v) is 17.8. The van der Waals surface area contributed by atoms with Gasteiger partial charge in [0.05, 0.1) is 16.1 Å². The number of piperidine rings is 1. The highest BCUT2D eigenvalue weighted by Crippen LogP contribution is 2.32. The molecule has 2 aliphatic heterocycles. The number of thiophene rings is 1. The molecule has 0 aliphatic carbocycles. The van der Waals surface area contributed by atoms with Crippen molar-refractivity contribution in [1.82, 2.24) is 10.2 Å². The molecule has 2 aliphatic rings. The molecule has 162 valence electrons. The molecule has 3 amide bonds. The molecule has 3 aromatic rings. The molecule has 32 heavy (non-hydrogen) atoms. The van der Waals surface area contributed by atoms with Gasteiger partial charge in [0.2, 0.25) is 5.91 Å². The Bertz CT molecular complexity index is 1210. The molecule has 0 saturated carbocycles. The average Bonchev–Trinajstić information content (AvgIpc) is 3.31. The highest BCUT2D eigenvalue weighted by molar-refractivity contribution is 7.12. The van der Waals surface area contributed by atoms with Crippen LogP contribution in [0, 0.1) is 5.82 Å². The molecular formula is C24H20FN3O3S. The molecule has 3 heterocycles. The molecule has 2 N–H and O–H groups in total. The zero-order valence-electron chi connectivity index (χ0n) is 17.0. The van der Waals surface area contributed by atoms with Crippen LogP contribution < -0.4 is 10.6 Å². The molecule has 0 bridgehead atoms. The van der Waals surface area contributed by atoms with E-state index in [1.165, 1.54) is 17.4 Å². The van der Waals surface area contributed by atoms with Gasteiger partial charge < -0.3 is 15.5 Å². The van der Waals surface area contributed by atoms with Crippen molar-refractivity contribution in [3.8, 4) is 11.1 Å². The van der Waals surface area contributed by atoms with Crippen molar-refractivity contribution < 1.29 is 18.8 Å². The highest BCUT2D eigenvalue weighted by atomic mass is 32.1. The lowest BCUT2D eigenvalue weighted by Crippen LogP contribution is -2.54. The van der Waals surface area contributed by atoms with Gasteiger partial charge in [0.25, 0.3) is 11.8 Å². The molecule has 1 aromatic heterocycles. The fraction of sp³-hybridized carbons (Fsp3) is 0.208. The lowest BCUT2D eigenvalue weighted by molar-refractivity contribution is -0.121. The predicted molar refractivity (Wildman–Crippen MR) is 120 cm³/mol. The maximum Gasteiger partial charge on any atom is 0.261 e. The summed E-state index contributed by atoms with van der Waals surface area (Å²) in [7, 11) is 0. The number of carbonyl (C=O) groups excluding carboxylic acids is 3. The number of nitrogens with one attached hydrogen (secondary N) is 2.